The topological polar surface area (TPSA) is 79.5 Å². The molecule has 1 aromatic heterocycles. The average molecular weight is 478 g/mol. The van der Waals surface area contributed by atoms with E-state index in [4.69, 9.17) is 21.2 Å². The SMILES string of the molecule is O=C(O)C1CN(Cc2ccc(-c3noc(C=CC4(c5cccc(Cl)c5)CCCCC4)n3)cc2)C1. The van der Waals surface area contributed by atoms with Gasteiger partial charge in [-0.25, -0.2) is 0 Å². The number of likely N-dealkylation sites (tertiary alicyclic amines) is 1. The fourth-order valence-corrected chi connectivity index (χ4v) is 5.25. The minimum absolute atomic E-state index is 0.0596. The summed E-state index contributed by atoms with van der Waals surface area (Å²) in [5, 5.41) is 13.9. The predicted molar refractivity (Wildman–Crippen MR) is 131 cm³/mol. The highest BCUT2D eigenvalue weighted by Gasteiger charge is 2.33. The first-order chi connectivity index (χ1) is 16.5. The van der Waals surface area contributed by atoms with Crippen LogP contribution in [0, 0.1) is 5.92 Å². The van der Waals surface area contributed by atoms with E-state index < -0.39 is 5.97 Å². The quantitative estimate of drug-likeness (QED) is 0.461. The summed E-state index contributed by atoms with van der Waals surface area (Å²) in [5.41, 5.74) is 3.21. The van der Waals surface area contributed by atoms with Crippen molar-refractivity contribution in [2.24, 2.45) is 5.92 Å². The molecular weight excluding hydrogens is 450 g/mol. The first-order valence-corrected chi connectivity index (χ1v) is 12.2. The fourth-order valence-electron chi connectivity index (χ4n) is 5.06. The van der Waals surface area contributed by atoms with Crippen molar-refractivity contribution in [1.82, 2.24) is 15.0 Å². The second-order valence-electron chi connectivity index (χ2n) is 9.44. The molecule has 2 aliphatic rings. The molecule has 0 radical (unpaired) electrons. The van der Waals surface area contributed by atoms with Crippen molar-refractivity contribution >= 4 is 23.6 Å². The van der Waals surface area contributed by atoms with Gasteiger partial charge in [-0.2, -0.15) is 4.98 Å². The minimum atomic E-state index is -0.712. The van der Waals surface area contributed by atoms with Crippen LogP contribution in [-0.4, -0.2) is 39.2 Å². The normalized spacial score (nSPS) is 18.7. The lowest BCUT2D eigenvalue weighted by atomic mass is 9.69. The second-order valence-corrected chi connectivity index (χ2v) is 9.88. The molecule has 34 heavy (non-hydrogen) atoms. The smallest absolute Gasteiger partial charge is 0.309 e. The predicted octanol–water partition coefficient (Wildman–Crippen LogP) is 5.82. The van der Waals surface area contributed by atoms with E-state index in [-0.39, 0.29) is 11.3 Å². The van der Waals surface area contributed by atoms with Crippen LogP contribution in [0.2, 0.25) is 5.02 Å². The molecule has 176 valence electrons. The fraction of sp³-hybridized carbons (Fsp3) is 0.370. The molecule has 0 unspecified atom stereocenters. The van der Waals surface area contributed by atoms with Gasteiger partial charge in [0.1, 0.15) is 0 Å². The summed E-state index contributed by atoms with van der Waals surface area (Å²) < 4.78 is 5.53. The average Bonchev–Trinajstić information content (AvgIpc) is 3.30. The van der Waals surface area contributed by atoms with Crippen LogP contribution in [0.3, 0.4) is 0 Å². The van der Waals surface area contributed by atoms with Gasteiger partial charge < -0.3 is 9.63 Å². The van der Waals surface area contributed by atoms with Crippen LogP contribution in [0.25, 0.3) is 17.5 Å². The number of carbonyl (C=O) groups is 1. The number of aliphatic carboxylic acids is 1. The van der Waals surface area contributed by atoms with E-state index in [1.807, 2.05) is 42.5 Å². The lowest BCUT2D eigenvalue weighted by Gasteiger charge is -2.36. The number of hydrogen-bond acceptors (Lipinski definition) is 5. The van der Waals surface area contributed by atoms with Crippen LogP contribution in [0.5, 0.6) is 0 Å². The maximum absolute atomic E-state index is 11.0. The van der Waals surface area contributed by atoms with Crippen LogP contribution >= 0.6 is 11.6 Å². The first-order valence-electron chi connectivity index (χ1n) is 11.8. The van der Waals surface area contributed by atoms with Gasteiger partial charge >= 0.3 is 5.97 Å². The van der Waals surface area contributed by atoms with E-state index in [1.54, 1.807) is 0 Å². The van der Waals surface area contributed by atoms with Gasteiger partial charge in [0.2, 0.25) is 5.82 Å². The second kappa shape index (κ2) is 9.72. The highest BCUT2D eigenvalue weighted by atomic mass is 35.5. The van der Waals surface area contributed by atoms with Gasteiger partial charge in [-0.15, -0.1) is 0 Å². The monoisotopic (exact) mass is 477 g/mol. The highest BCUT2D eigenvalue weighted by molar-refractivity contribution is 6.30. The minimum Gasteiger partial charge on any atom is -0.481 e. The Labute approximate surface area is 204 Å². The lowest BCUT2D eigenvalue weighted by Crippen LogP contribution is -2.49. The highest BCUT2D eigenvalue weighted by Crippen LogP contribution is 2.41. The van der Waals surface area contributed by atoms with E-state index in [0.29, 0.717) is 24.8 Å². The van der Waals surface area contributed by atoms with Crippen molar-refractivity contribution in [3.05, 3.63) is 76.6 Å². The molecule has 0 bridgehead atoms. The number of allylic oxidation sites excluding steroid dienone is 1. The number of carboxylic acids is 1. The summed E-state index contributed by atoms with van der Waals surface area (Å²) in [5.74, 6) is 0.0973. The van der Waals surface area contributed by atoms with Crippen LogP contribution in [0.4, 0.5) is 0 Å². The van der Waals surface area contributed by atoms with Crippen molar-refractivity contribution in [2.45, 2.75) is 44.1 Å². The molecule has 2 heterocycles. The zero-order valence-electron chi connectivity index (χ0n) is 19.0. The van der Waals surface area contributed by atoms with E-state index in [2.05, 4.69) is 33.2 Å². The zero-order chi connectivity index (χ0) is 23.5. The molecule has 6 nitrogen and oxygen atoms in total. The number of carboxylic acid groups (broad SMARTS) is 1. The van der Waals surface area contributed by atoms with Gasteiger partial charge in [-0.05, 0) is 36.1 Å². The summed E-state index contributed by atoms with van der Waals surface area (Å²) >= 11 is 6.29. The number of halogens is 1. The van der Waals surface area contributed by atoms with Gasteiger partial charge in [0.05, 0.1) is 5.92 Å². The molecular formula is C27H28ClN3O3. The summed E-state index contributed by atoms with van der Waals surface area (Å²) in [7, 11) is 0. The van der Waals surface area contributed by atoms with E-state index >= 15 is 0 Å². The van der Waals surface area contributed by atoms with Crippen molar-refractivity contribution < 1.29 is 14.4 Å². The third kappa shape index (κ3) is 4.93. The van der Waals surface area contributed by atoms with Gasteiger partial charge in [0, 0.05) is 41.7 Å². The number of hydrogen-bond donors (Lipinski definition) is 1. The lowest BCUT2D eigenvalue weighted by molar-refractivity contribution is -0.147. The molecule has 1 aliphatic heterocycles. The van der Waals surface area contributed by atoms with Crippen molar-refractivity contribution in [2.75, 3.05) is 13.1 Å². The number of benzene rings is 2. The summed E-state index contributed by atoms with van der Waals surface area (Å²) in [6, 6.07) is 16.2. The van der Waals surface area contributed by atoms with E-state index in [9.17, 15) is 4.79 Å². The van der Waals surface area contributed by atoms with Crippen molar-refractivity contribution in [3.63, 3.8) is 0 Å². The molecule has 3 aromatic rings. The van der Waals surface area contributed by atoms with Crippen molar-refractivity contribution in [1.29, 1.82) is 0 Å². The zero-order valence-corrected chi connectivity index (χ0v) is 19.7. The summed E-state index contributed by atoms with van der Waals surface area (Å²) in [4.78, 5) is 17.7. The first kappa shape index (κ1) is 22.8. The Balaban J connectivity index is 1.27. The van der Waals surface area contributed by atoms with E-state index in [0.717, 1.165) is 35.5 Å². The Kier molecular flexibility index (Phi) is 6.53. The molecule has 0 spiro atoms. The number of rotatable bonds is 7. The molecule has 2 fully saturated rings. The molecule has 1 aliphatic carbocycles. The molecule has 1 saturated heterocycles. The molecule has 0 atom stereocenters. The Morgan fingerprint density at radius 1 is 1.15 bits per heavy atom. The largest absolute Gasteiger partial charge is 0.481 e. The van der Waals surface area contributed by atoms with Gasteiger partial charge in [-0.1, -0.05) is 78.5 Å². The van der Waals surface area contributed by atoms with Crippen LogP contribution in [-0.2, 0) is 16.8 Å². The molecule has 1 N–H and O–H groups in total. The Morgan fingerprint density at radius 3 is 2.62 bits per heavy atom. The van der Waals surface area contributed by atoms with Crippen LogP contribution < -0.4 is 0 Å². The van der Waals surface area contributed by atoms with Crippen LogP contribution in [0.15, 0.2) is 59.1 Å². The number of nitrogens with zero attached hydrogens (tertiary/aromatic N) is 3. The summed E-state index contributed by atoms with van der Waals surface area (Å²) in [6.45, 7) is 1.96. The molecule has 2 aromatic carbocycles. The summed E-state index contributed by atoms with van der Waals surface area (Å²) in [6.07, 6.45) is 9.96. The Bertz CT molecular complexity index is 1180. The third-order valence-electron chi connectivity index (χ3n) is 7.06. The van der Waals surface area contributed by atoms with Gasteiger partial charge in [-0.3, -0.25) is 9.69 Å². The molecule has 7 heteroatoms. The maximum Gasteiger partial charge on any atom is 0.309 e. The number of aromatic nitrogens is 2. The Morgan fingerprint density at radius 2 is 1.91 bits per heavy atom. The van der Waals surface area contributed by atoms with E-state index in [1.165, 1.54) is 24.8 Å². The third-order valence-corrected chi connectivity index (χ3v) is 7.29. The molecule has 1 saturated carbocycles. The van der Waals surface area contributed by atoms with Crippen LogP contribution in [0.1, 0.15) is 49.1 Å². The molecule has 0 amide bonds. The molecule has 5 rings (SSSR count). The van der Waals surface area contributed by atoms with Crippen molar-refractivity contribution in [3.8, 4) is 11.4 Å². The standard InChI is InChI=1S/C27H28ClN3O3/c28-23-6-4-5-22(15-23)27(12-2-1-3-13-27)14-11-24-29-25(30-34-24)20-9-7-19(8-10-20)16-31-17-21(18-31)26(32)33/h4-11,14-15,21H,1-3,12-13,16-18H2,(H,32,33). The van der Waals surface area contributed by atoms with Gasteiger partial charge in [0.25, 0.3) is 5.89 Å². The Hall–Kier alpha value is -2.96. The van der Waals surface area contributed by atoms with Gasteiger partial charge in [0.15, 0.2) is 0 Å². The maximum atomic E-state index is 11.0.